The second-order valence-corrected chi connectivity index (χ2v) is 7.47. The molecule has 0 atom stereocenters. The van der Waals surface area contributed by atoms with E-state index in [2.05, 4.69) is 31.7 Å². The lowest BCUT2D eigenvalue weighted by molar-refractivity contribution is -0.121. The average molecular weight is 419 g/mol. The molecule has 138 valence electrons. The maximum absolute atomic E-state index is 12.2. The number of hydrogen-bond acceptors (Lipinski definition) is 3. The summed E-state index contributed by atoms with van der Waals surface area (Å²) in [5, 5.41) is 10.1. The van der Waals surface area contributed by atoms with Crippen LogP contribution < -0.4 is 10.6 Å². The smallest absolute Gasteiger partial charge is 0.251 e. The van der Waals surface area contributed by atoms with Gasteiger partial charge in [0, 0.05) is 30.8 Å². The molecule has 1 aromatic heterocycles. The van der Waals surface area contributed by atoms with E-state index in [1.165, 1.54) is 19.3 Å². The normalized spacial score (nSPS) is 14.8. The number of rotatable bonds is 6. The van der Waals surface area contributed by atoms with E-state index >= 15 is 0 Å². The number of carbonyl (C=O) groups excluding carboxylic acids is 2. The first-order chi connectivity index (χ1) is 12.6. The summed E-state index contributed by atoms with van der Waals surface area (Å²) >= 11 is 3.36. The molecule has 1 saturated carbocycles. The van der Waals surface area contributed by atoms with Crippen LogP contribution in [0.25, 0.3) is 5.69 Å². The van der Waals surface area contributed by atoms with Crippen molar-refractivity contribution in [2.75, 3.05) is 6.54 Å². The molecule has 1 aliphatic carbocycles. The highest BCUT2D eigenvalue weighted by Crippen LogP contribution is 2.17. The molecule has 26 heavy (non-hydrogen) atoms. The second kappa shape index (κ2) is 8.98. The van der Waals surface area contributed by atoms with Crippen LogP contribution in [0, 0.1) is 0 Å². The molecule has 6 nitrogen and oxygen atoms in total. The van der Waals surface area contributed by atoms with Crippen molar-refractivity contribution in [3.8, 4) is 5.69 Å². The van der Waals surface area contributed by atoms with E-state index in [0.29, 0.717) is 24.6 Å². The van der Waals surface area contributed by atoms with Crippen LogP contribution in [-0.4, -0.2) is 34.2 Å². The fraction of sp³-hybridized carbons (Fsp3) is 0.421. The van der Waals surface area contributed by atoms with Gasteiger partial charge >= 0.3 is 0 Å². The number of benzene rings is 1. The highest BCUT2D eigenvalue weighted by molar-refractivity contribution is 9.10. The number of amides is 2. The van der Waals surface area contributed by atoms with E-state index in [4.69, 9.17) is 0 Å². The Kier molecular flexibility index (Phi) is 6.44. The molecule has 7 heteroatoms. The summed E-state index contributed by atoms with van der Waals surface area (Å²) in [7, 11) is 0. The van der Waals surface area contributed by atoms with Crippen molar-refractivity contribution in [3.63, 3.8) is 0 Å². The highest BCUT2D eigenvalue weighted by atomic mass is 79.9. The molecule has 2 amide bonds. The Morgan fingerprint density at radius 1 is 1.15 bits per heavy atom. The highest BCUT2D eigenvalue weighted by Gasteiger charge is 2.15. The van der Waals surface area contributed by atoms with Gasteiger partial charge in [-0.05, 0) is 53.0 Å². The summed E-state index contributed by atoms with van der Waals surface area (Å²) in [6.45, 7) is 0.339. The fourth-order valence-electron chi connectivity index (χ4n) is 3.15. The summed E-state index contributed by atoms with van der Waals surface area (Å²) in [6, 6.07) is 7.49. The van der Waals surface area contributed by atoms with Gasteiger partial charge in [-0.15, -0.1) is 0 Å². The monoisotopic (exact) mass is 418 g/mol. The van der Waals surface area contributed by atoms with Crippen molar-refractivity contribution >= 4 is 27.7 Å². The van der Waals surface area contributed by atoms with Crippen molar-refractivity contribution in [1.82, 2.24) is 20.4 Å². The van der Waals surface area contributed by atoms with Crippen LogP contribution in [0.1, 0.15) is 48.9 Å². The third-order valence-corrected chi connectivity index (χ3v) is 4.96. The Morgan fingerprint density at radius 2 is 1.88 bits per heavy atom. The van der Waals surface area contributed by atoms with Crippen molar-refractivity contribution < 1.29 is 9.59 Å². The molecule has 0 saturated heterocycles. The van der Waals surface area contributed by atoms with Crippen molar-refractivity contribution in [2.24, 2.45) is 0 Å². The van der Waals surface area contributed by atoms with E-state index in [0.717, 1.165) is 23.0 Å². The van der Waals surface area contributed by atoms with E-state index in [9.17, 15) is 9.59 Å². The average Bonchev–Trinajstić information content (AvgIpc) is 3.09. The van der Waals surface area contributed by atoms with Crippen LogP contribution in [0.5, 0.6) is 0 Å². The Morgan fingerprint density at radius 3 is 2.54 bits per heavy atom. The van der Waals surface area contributed by atoms with E-state index in [-0.39, 0.29) is 11.8 Å². The van der Waals surface area contributed by atoms with Crippen LogP contribution in [0.4, 0.5) is 0 Å². The molecule has 3 rings (SSSR count). The third kappa shape index (κ3) is 5.17. The number of hydrogen-bond donors (Lipinski definition) is 2. The van der Waals surface area contributed by atoms with E-state index in [1.54, 1.807) is 23.0 Å². The minimum absolute atomic E-state index is 0.0109. The van der Waals surface area contributed by atoms with Crippen LogP contribution in [-0.2, 0) is 4.79 Å². The Balaban J connectivity index is 1.43. The molecule has 1 aliphatic rings. The summed E-state index contributed by atoms with van der Waals surface area (Å²) in [5.74, 6) is -0.166. The number of carbonyl (C=O) groups is 2. The molecular weight excluding hydrogens is 396 g/mol. The number of aromatic nitrogens is 2. The lowest BCUT2D eigenvalue weighted by atomic mass is 9.95. The summed E-state index contributed by atoms with van der Waals surface area (Å²) in [5.41, 5.74) is 1.44. The van der Waals surface area contributed by atoms with Gasteiger partial charge in [-0.2, -0.15) is 5.10 Å². The Bertz CT molecular complexity index is 751. The maximum Gasteiger partial charge on any atom is 0.251 e. The first kappa shape index (κ1) is 18.6. The summed E-state index contributed by atoms with van der Waals surface area (Å²) in [4.78, 5) is 24.2. The standard InChI is InChI=1S/C19H23BrN4O2/c20-15-12-22-24(13-15)17-8-6-14(7-9-17)19(26)21-11-10-18(25)23-16-4-2-1-3-5-16/h6-9,12-13,16H,1-5,10-11H2,(H,21,26)(H,23,25). The van der Waals surface area contributed by atoms with Crippen LogP contribution in [0.3, 0.4) is 0 Å². The molecule has 0 bridgehead atoms. The van der Waals surface area contributed by atoms with Gasteiger partial charge in [0.1, 0.15) is 0 Å². The molecule has 0 radical (unpaired) electrons. The zero-order valence-corrected chi connectivity index (χ0v) is 16.2. The maximum atomic E-state index is 12.2. The molecule has 1 fully saturated rings. The molecule has 0 spiro atoms. The molecule has 1 aromatic carbocycles. The number of halogens is 1. The molecular formula is C19H23BrN4O2. The summed E-state index contributed by atoms with van der Waals surface area (Å²) < 4.78 is 2.62. The quantitative estimate of drug-likeness (QED) is 0.755. The van der Waals surface area contributed by atoms with Crippen LogP contribution in [0.2, 0.25) is 0 Å². The first-order valence-electron chi connectivity index (χ1n) is 9.00. The zero-order valence-electron chi connectivity index (χ0n) is 14.6. The largest absolute Gasteiger partial charge is 0.353 e. The van der Waals surface area contributed by atoms with Gasteiger partial charge in [-0.1, -0.05) is 19.3 Å². The minimum Gasteiger partial charge on any atom is -0.353 e. The molecule has 0 unspecified atom stereocenters. The van der Waals surface area contributed by atoms with Crippen molar-refractivity contribution in [3.05, 3.63) is 46.7 Å². The van der Waals surface area contributed by atoms with E-state index < -0.39 is 0 Å². The zero-order chi connectivity index (χ0) is 18.4. The van der Waals surface area contributed by atoms with E-state index in [1.807, 2.05) is 18.3 Å². The Labute approximate surface area is 161 Å². The SMILES string of the molecule is O=C(CCNC(=O)c1ccc(-n2cc(Br)cn2)cc1)NC1CCCCC1. The molecule has 2 N–H and O–H groups in total. The fourth-order valence-corrected chi connectivity index (χ4v) is 3.43. The van der Waals surface area contributed by atoms with Gasteiger partial charge < -0.3 is 10.6 Å². The lowest BCUT2D eigenvalue weighted by Gasteiger charge is -2.22. The van der Waals surface area contributed by atoms with Gasteiger partial charge in [0.15, 0.2) is 0 Å². The minimum atomic E-state index is -0.177. The lowest BCUT2D eigenvalue weighted by Crippen LogP contribution is -2.38. The number of nitrogens with one attached hydrogen (secondary N) is 2. The summed E-state index contributed by atoms with van der Waals surface area (Å²) in [6.07, 6.45) is 9.63. The van der Waals surface area contributed by atoms with Gasteiger partial charge in [0.05, 0.1) is 16.4 Å². The van der Waals surface area contributed by atoms with Crippen molar-refractivity contribution in [1.29, 1.82) is 0 Å². The Hall–Kier alpha value is -2.15. The van der Waals surface area contributed by atoms with Crippen LogP contribution in [0.15, 0.2) is 41.1 Å². The van der Waals surface area contributed by atoms with Crippen molar-refractivity contribution in [2.45, 2.75) is 44.6 Å². The predicted octanol–water partition coefficient (Wildman–Crippen LogP) is 3.20. The van der Waals surface area contributed by atoms with Gasteiger partial charge in [0.2, 0.25) is 5.91 Å². The number of nitrogens with zero attached hydrogens (tertiary/aromatic N) is 2. The molecule has 1 heterocycles. The van der Waals surface area contributed by atoms with Gasteiger partial charge in [-0.25, -0.2) is 4.68 Å². The van der Waals surface area contributed by atoms with Gasteiger partial charge in [-0.3, -0.25) is 9.59 Å². The molecule has 2 aromatic rings. The topological polar surface area (TPSA) is 76.0 Å². The first-order valence-corrected chi connectivity index (χ1v) is 9.79. The molecule has 0 aliphatic heterocycles. The second-order valence-electron chi connectivity index (χ2n) is 6.56. The third-order valence-electron chi connectivity index (χ3n) is 4.55. The predicted molar refractivity (Wildman–Crippen MR) is 103 cm³/mol. The van der Waals surface area contributed by atoms with Gasteiger partial charge in [0.25, 0.3) is 5.91 Å². The van der Waals surface area contributed by atoms with Crippen LogP contribution >= 0.6 is 15.9 Å².